The number of pyridine rings is 2. The Bertz CT molecular complexity index is 782. The van der Waals surface area contributed by atoms with Gasteiger partial charge in [-0.05, 0) is 49.8 Å². The average molecular weight is 359 g/mol. The lowest BCUT2D eigenvalue weighted by molar-refractivity contribution is 0.0581. The number of ether oxygens (including phenoxy) is 1. The fourth-order valence-corrected chi connectivity index (χ4v) is 3.36. The number of rotatable bonds is 5. The highest BCUT2D eigenvalue weighted by Gasteiger charge is 2.20. The summed E-state index contributed by atoms with van der Waals surface area (Å²) in [6, 6.07) is 5.52. The number of halogens is 1. The Morgan fingerprint density at radius 1 is 1.32 bits per heavy atom. The Hall–Kier alpha value is -1.98. The Balaban J connectivity index is 1.66. The normalized spacial score (nSPS) is 21.9. The quantitative estimate of drug-likeness (QED) is 0.650. The molecule has 0 spiro atoms. The van der Waals surface area contributed by atoms with Crippen molar-refractivity contribution in [3.8, 4) is 0 Å². The predicted molar refractivity (Wildman–Crippen MR) is 103 cm³/mol. The summed E-state index contributed by atoms with van der Waals surface area (Å²) in [5.41, 5.74) is 9.06. The largest absolute Gasteiger partial charge is 0.404 e. The summed E-state index contributed by atoms with van der Waals surface area (Å²) in [6.45, 7) is 0.818. The molecule has 5 nitrogen and oxygen atoms in total. The molecule has 0 unspecified atom stereocenters. The van der Waals surface area contributed by atoms with Crippen LogP contribution in [0.3, 0.4) is 0 Å². The van der Waals surface area contributed by atoms with Gasteiger partial charge < -0.3 is 10.5 Å². The summed E-state index contributed by atoms with van der Waals surface area (Å²) in [5.74, 6) is 0.622. The van der Waals surface area contributed by atoms with Crippen molar-refractivity contribution in [2.75, 3.05) is 13.7 Å². The number of nitrogens with zero attached hydrogens (tertiary/aromatic N) is 3. The first-order valence-corrected chi connectivity index (χ1v) is 8.94. The molecule has 0 aliphatic heterocycles. The topological polar surface area (TPSA) is 73.4 Å². The van der Waals surface area contributed by atoms with E-state index in [-0.39, 0.29) is 0 Å². The molecule has 0 amide bonds. The van der Waals surface area contributed by atoms with E-state index in [1.165, 1.54) is 0 Å². The van der Waals surface area contributed by atoms with Crippen molar-refractivity contribution < 1.29 is 4.74 Å². The van der Waals surface area contributed by atoms with Crippen LogP contribution in [-0.2, 0) is 4.74 Å². The van der Waals surface area contributed by atoms with Crippen molar-refractivity contribution in [1.82, 2.24) is 9.97 Å². The number of nitrogens with two attached hydrogens (primary N) is 1. The zero-order valence-electron chi connectivity index (χ0n) is 14.4. The summed E-state index contributed by atoms with van der Waals surface area (Å²) in [7, 11) is 1.79. The summed E-state index contributed by atoms with van der Waals surface area (Å²) >= 11 is 5.96. The molecule has 0 atom stereocenters. The van der Waals surface area contributed by atoms with Crippen molar-refractivity contribution in [3.05, 3.63) is 41.3 Å². The van der Waals surface area contributed by atoms with Gasteiger partial charge in [-0.15, -0.1) is 0 Å². The van der Waals surface area contributed by atoms with Crippen LogP contribution in [0.1, 0.15) is 31.2 Å². The minimum Gasteiger partial charge on any atom is -0.404 e. The lowest BCUT2D eigenvalue weighted by Crippen LogP contribution is -2.21. The molecule has 132 valence electrons. The number of aromatic nitrogens is 2. The Kier molecular flexibility index (Phi) is 6.00. The molecule has 0 aromatic carbocycles. The van der Waals surface area contributed by atoms with Crippen LogP contribution in [-0.4, -0.2) is 35.9 Å². The average Bonchev–Trinajstić information content (AvgIpc) is 2.65. The lowest BCUT2D eigenvalue weighted by atomic mass is 9.87. The monoisotopic (exact) mass is 358 g/mol. The van der Waals surface area contributed by atoms with E-state index in [1.54, 1.807) is 25.6 Å². The fourth-order valence-electron chi connectivity index (χ4n) is 3.20. The highest BCUT2D eigenvalue weighted by molar-refractivity contribution is 6.29. The molecule has 25 heavy (non-hydrogen) atoms. The van der Waals surface area contributed by atoms with E-state index in [0.717, 1.165) is 54.4 Å². The maximum atomic E-state index is 5.96. The SMILES string of the molecule is COC1CCC(CN=CC(=CN)c2cnc3ccc(Cl)nc3c2)CC1. The molecule has 0 bridgehead atoms. The number of fused-ring (bicyclic) bond motifs is 1. The number of hydrogen-bond acceptors (Lipinski definition) is 5. The third-order valence-corrected chi connectivity index (χ3v) is 4.95. The molecule has 0 radical (unpaired) electrons. The summed E-state index contributed by atoms with van der Waals surface area (Å²) in [5, 5.41) is 0.449. The molecule has 3 rings (SSSR count). The highest BCUT2D eigenvalue weighted by atomic mass is 35.5. The van der Waals surface area contributed by atoms with Gasteiger partial charge in [-0.2, -0.15) is 0 Å². The molecule has 1 aliphatic carbocycles. The third-order valence-electron chi connectivity index (χ3n) is 4.74. The van der Waals surface area contributed by atoms with Crippen LogP contribution in [0, 0.1) is 5.92 Å². The Morgan fingerprint density at radius 2 is 2.12 bits per heavy atom. The van der Waals surface area contributed by atoms with Crippen LogP contribution < -0.4 is 5.73 Å². The van der Waals surface area contributed by atoms with Crippen LogP contribution in [0.15, 0.2) is 35.6 Å². The Morgan fingerprint density at radius 3 is 2.84 bits per heavy atom. The van der Waals surface area contributed by atoms with Crippen molar-refractivity contribution in [2.45, 2.75) is 31.8 Å². The molecule has 0 saturated heterocycles. The minimum atomic E-state index is 0.419. The lowest BCUT2D eigenvalue weighted by Gasteiger charge is -2.26. The first kappa shape index (κ1) is 17.8. The van der Waals surface area contributed by atoms with Gasteiger partial charge in [0.1, 0.15) is 5.15 Å². The minimum absolute atomic E-state index is 0.419. The molecule has 2 N–H and O–H groups in total. The van der Waals surface area contributed by atoms with Gasteiger partial charge >= 0.3 is 0 Å². The summed E-state index contributed by atoms with van der Waals surface area (Å²) in [6.07, 6.45) is 10.2. The van der Waals surface area contributed by atoms with Crippen LogP contribution in [0.2, 0.25) is 5.15 Å². The van der Waals surface area contributed by atoms with Crippen molar-refractivity contribution in [3.63, 3.8) is 0 Å². The van der Waals surface area contributed by atoms with E-state index in [1.807, 2.05) is 18.3 Å². The van der Waals surface area contributed by atoms with Crippen LogP contribution in [0.4, 0.5) is 0 Å². The van der Waals surface area contributed by atoms with Gasteiger partial charge in [0, 0.05) is 43.4 Å². The van der Waals surface area contributed by atoms with E-state index in [9.17, 15) is 0 Å². The van der Waals surface area contributed by atoms with Crippen LogP contribution >= 0.6 is 11.6 Å². The second kappa shape index (κ2) is 8.41. The first-order valence-electron chi connectivity index (χ1n) is 8.57. The molecular weight excluding hydrogens is 336 g/mol. The maximum Gasteiger partial charge on any atom is 0.129 e. The van der Waals surface area contributed by atoms with E-state index in [2.05, 4.69) is 15.0 Å². The van der Waals surface area contributed by atoms with Crippen LogP contribution in [0.25, 0.3) is 16.6 Å². The first-order chi connectivity index (χ1) is 12.2. The van der Waals surface area contributed by atoms with Crippen molar-refractivity contribution >= 4 is 34.4 Å². The van der Waals surface area contributed by atoms with Crippen molar-refractivity contribution in [2.24, 2.45) is 16.6 Å². The number of hydrogen-bond donors (Lipinski definition) is 1. The van der Waals surface area contributed by atoms with E-state index >= 15 is 0 Å². The van der Waals surface area contributed by atoms with Gasteiger partial charge in [-0.25, -0.2) is 4.98 Å². The van der Waals surface area contributed by atoms with Gasteiger partial charge in [0.25, 0.3) is 0 Å². The standard InChI is InChI=1S/C19H23ClN4O/c1-25-16-4-2-13(3-5-16)10-22-11-15(9-21)14-8-18-17(23-12-14)6-7-19(20)24-18/h6-9,11-13,16H,2-5,10,21H2,1H3. The van der Waals surface area contributed by atoms with Crippen LogP contribution in [0.5, 0.6) is 0 Å². The van der Waals surface area contributed by atoms with E-state index in [4.69, 9.17) is 22.1 Å². The Labute approximate surface area is 153 Å². The number of aliphatic imine (C=N–C) groups is 1. The van der Waals surface area contributed by atoms with Crippen molar-refractivity contribution in [1.29, 1.82) is 0 Å². The summed E-state index contributed by atoms with van der Waals surface area (Å²) < 4.78 is 5.41. The smallest absolute Gasteiger partial charge is 0.129 e. The van der Waals surface area contributed by atoms with Gasteiger partial charge in [0.2, 0.25) is 0 Å². The van der Waals surface area contributed by atoms with E-state index in [0.29, 0.717) is 17.2 Å². The van der Waals surface area contributed by atoms with Gasteiger partial charge in [-0.3, -0.25) is 9.98 Å². The van der Waals surface area contributed by atoms with Gasteiger partial charge in [0.15, 0.2) is 0 Å². The second-order valence-electron chi connectivity index (χ2n) is 6.39. The van der Waals surface area contributed by atoms with E-state index < -0.39 is 0 Å². The fraction of sp³-hybridized carbons (Fsp3) is 0.421. The van der Waals surface area contributed by atoms with Gasteiger partial charge in [-0.1, -0.05) is 11.6 Å². The number of allylic oxidation sites excluding steroid dienone is 1. The molecule has 1 saturated carbocycles. The molecular formula is C19H23ClN4O. The summed E-state index contributed by atoms with van der Waals surface area (Å²) in [4.78, 5) is 13.3. The third kappa shape index (κ3) is 4.55. The predicted octanol–water partition coefficient (Wildman–Crippen LogP) is 3.86. The molecule has 2 aromatic heterocycles. The molecule has 1 aliphatic rings. The molecule has 1 fully saturated rings. The zero-order chi connectivity index (χ0) is 17.6. The molecule has 6 heteroatoms. The highest BCUT2D eigenvalue weighted by Crippen LogP contribution is 2.26. The molecule has 2 heterocycles. The van der Waals surface area contributed by atoms with Gasteiger partial charge in [0.05, 0.1) is 17.1 Å². The molecule has 2 aromatic rings. The number of methoxy groups -OCH3 is 1. The second-order valence-corrected chi connectivity index (χ2v) is 6.78. The zero-order valence-corrected chi connectivity index (χ0v) is 15.1. The maximum absolute atomic E-state index is 5.96.